The lowest BCUT2D eigenvalue weighted by Crippen LogP contribution is -2.28. The zero-order valence-corrected chi connectivity index (χ0v) is 11.9. The largest absolute Gasteiger partial charge is 0.491 e. The number of anilines is 1. The van der Waals surface area contributed by atoms with Crippen LogP contribution in [-0.2, 0) is 0 Å². The number of amides is 1. The second-order valence-electron chi connectivity index (χ2n) is 4.21. The van der Waals surface area contributed by atoms with Crippen LogP contribution in [0.2, 0.25) is 0 Å². The SMILES string of the molecule is CCN(CC)CCOc1cc(N)ccc1C(=O)NC. The van der Waals surface area contributed by atoms with Gasteiger partial charge in [-0.3, -0.25) is 4.79 Å². The van der Waals surface area contributed by atoms with Crippen molar-refractivity contribution in [2.75, 3.05) is 39.0 Å². The van der Waals surface area contributed by atoms with Crippen LogP contribution in [0.4, 0.5) is 5.69 Å². The molecule has 0 bridgehead atoms. The Hall–Kier alpha value is -1.75. The summed E-state index contributed by atoms with van der Waals surface area (Å²) < 4.78 is 5.69. The van der Waals surface area contributed by atoms with Gasteiger partial charge in [-0.15, -0.1) is 0 Å². The van der Waals surface area contributed by atoms with Crippen molar-refractivity contribution in [3.63, 3.8) is 0 Å². The molecule has 0 unspecified atom stereocenters. The Morgan fingerprint density at radius 1 is 1.37 bits per heavy atom. The van der Waals surface area contributed by atoms with E-state index in [2.05, 4.69) is 24.1 Å². The average Bonchev–Trinajstić information content (AvgIpc) is 2.43. The number of likely N-dealkylation sites (N-methyl/N-ethyl adjacent to an activating group) is 1. The molecule has 0 aliphatic rings. The fraction of sp³-hybridized carbons (Fsp3) is 0.500. The molecular formula is C14H23N3O2. The number of nitrogens with two attached hydrogens (primary N) is 1. The lowest BCUT2D eigenvalue weighted by molar-refractivity contribution is 0.0958. The number of carbonyl (C=O) groups excluding carboxylic acids is 1. The molecule has 0 aliphatic carbocycles. The Labute approximate surface area is 114 Å². The van der Waals surface area contributed by atoms with Crippen LogP contribution in [0.25, 0.3) is 0 Å². The molecule has 5 nitrogen and oxygen atoms in total. The van der Waals surface area contributed by atoms with Crippen LogP contribution in [-0.4, -0.2) is 44.1 Å². The minimum absolute atomic E-state index is 0.169. The maximum absolute atomic E-state index is 11.7. The highest BCUT2D eigenvalue weighted by molar-refractivity contribution is 5.97. The van der Waals surface area contributed by atoms with E-state index in [1.165, 1.54) is 0 Å². The average molecular weight is 265 g/mol. The van der Waals surface area contributed by atoms with Crippen molar-refractivity contribution < 1.29 is 9.53 Å². The quantitative estimate of drug-likeness (QED) is 0.730. The lowest BCUT2D eigenvalue weighted by atomic mass is 10.1. The Kier molecular flexibility index (Phi) is 6.15. The zero-order valence-electron chi connectivity index (χ0n) is 11.9. The normalized spacial score (nSPS) is 10.5. The molecule has 0 fully saturated rings. The van der Waals surface area contributed by atoms with Crippen molar-refractivity contribution in [3.8, 4) is 5.75 Å². The number of nitrogens with zero attached hydrogens (tertiary/aromatic N) is 1. The van der Waals surface area contributed by atoms with Crippen LogP contribution in [0, 0.1) is 0 Å². The number of hydrogen-bond donors (Lipinski definition) is 2. The number of hydrogen-bond acceptors (Lipinski definition) is 4. The third-order valence-corrected chi connectivity index (χ3v) is 3.04. The second kappa shape index (κ2) is 7.63. The van der Waals surface area contributed by atoms with Gasteiger partial charge >= 0.3 is 0 Å². The van der Waals surface area contributed by atoms with E-state index >= 15 is 0 Å². The van der Waals surface area contributed by atoms with Crippen LogP contribution >= 0.6 is 0 Å². The van der Waals surface area contributed by atoms with Crippen LogP contribution in [0.5, 0.6) is 5.75 Å². The summed E-state index contributed by atoms with van der Waals surface area (Å²) in [5, 5.41) is 2.59. The van der Waals surface area contributed by atoms with E-state index < -0.39 is 0 Å². The van der Waals surface area contributed by atoms with E-state index in [4.69, 9.17) is 10.5 Å². The van der Waals surface area contributed by atoms with Gasteiger partial charge in [0.15, 0.2) is 0 Å². The molecule has 0 atom stereocenters. The van der Waals surface area contributed by atoms with E-state index in [0.29, 0.717) is 23.6 Å². The predicted molar refractivity (Wildman–Crippen MR) is 77.5 cm³/mol. The Morgan fingerprint density at radius 3 is 2.63 bits per heavy atom. The van der Waals surface area contributed by atoms with Gasteiger partial charge in [0, 0.05) is 25.3 Å². The van der Waals surface area contributed by atoms with Gasteiger partial charge in [0.25, 0.3) is 5.91 Å². The molecular weight excluding hydrogens is 242 g/mol. The molecule has 0 heterocycles. The molecule has 1 aromatic rings. The van der Waals surface area contributed by atoms with E-state index in [1.54, 1.807) is 25.2 Å². The minimum atomic E-state index is -0.169. The third kappa shape index (κ3) is 4.44. The van der Waals surface area contributed by atoms with E-state index in [1.807, 2.05) is 0 Å². The third-order valence-electron chi connectivity index (χ3n) is 3.04. The van der Waals surface area contributed by atoms with E-state index in [9.17, 15) is 4.79 Å². The maximum Gasteiger partial charge on any atom is 0.254 e. The highest BCUT2D eigenvalue weighted by Crippen LogP contribution is 2.21. The molecule has 0 aliphatic heterocycles. The number of carbonyl (C=O) groups is 1. The summed E-state index contributed by atoms with van der Waals surface area (Å²) >= 11 is 0. The van der Waals surface area contributed by atoms with Crippen molar-refractivity contribution in [1.82, 2.24) is 10.2 Å². The molecule has 5 heteroatoms. The summed E-state index contributed by atoms with van der Waals surface area (Å²) in [6.07, 6.45) is 0. The summed E-state index contributed by atoms with van der Waals surface area (Å²) in [5.41, 5.74) is 6.83. The number of nitrogens with one attached hydrogen (secondary N) is 1. The molecule has 0 saturated heterocycles. The fourth-order valence-corrected chi connectivity index (χ4v) is 1.81. The predicted octanol–water partition coefficient (Wildman–Crippen LogP) is 1.35. The van der Waals surface area contributed by atoms with Gasteiger partial charge in [-0.25, -0.2) is 0 Å². The first-order valence-electron chi connectivity index (χ1n) is 6.59. The number of ether oxygens (including phenoxy) is 1. The number of rotatable bonds is 7. The number of benzene rings is 1. The van der Waals surface area contributed by atoms with Gasteiger partial charge in [-0.1, -0.05) is 13.8 Å². The van der Waals surface area contributed by atoms with Crippen molar-refractivity contribution in [1.29, 1.82) is 0 Å². The lowest BCUT2D eigenvalue weighted by Gasteiger charge is -2.19. The molecule has 0 spiro atoms. The van der Waals surface area contributed by atoms with Crippen LogP contribution in [0.3, 0.4) is 0 Å². The van der Waals surface area contributed by atoms with Crippen LogP contribution in [0.1, 0.15) is 24.2 Å². The summed E-state index contributed by atoms with van der Waals surface area (Å²) in [7, 11) is 1.60. The monoisotopic (exact) mass is 265 g/mol. The molecule has 3 N–H and O–H groups in total. The molecule has 1 rings (SSSR count). The van der Waals surface area contributed by atoms with Crippen molar-refractivity contribution in [2.24, 2.45) is 0 Å². The molecule has 19 heavy (non-hydrogen) atoms. The first-order valence-corrected chi connectivity index (χ1v) is 6.59. The van der Waals surface area contributed by atoms with Gasteiger partial charge in [0.05, 0.1) is 5.56 Å². The van der Waals surface area contributed by atoms with Crippen molar-refractivity contribution in [3.05, 3.63) is 23.8 Å². The van der Waals surface area contributed by atoms with Gasteiger partial charge < -0.3 is 20.7 Å². The molecule has 0 radical (unpaired) electrons. The second-order valence-corrected chi connectivity index (χ2v) is 4.21. The van der Waals surface area contributed by atoms with Crippen molar-refractivity contribution in [2.45, 2.75) is 13.8 Å². The topological polar surface area (TPSA) is 67.6 Å². The van der Waals surface area contributed by atoms with Crippen LogP contribution in [0.15, 0.2) is 18.2 Å². The fourth-order valence-electron chi connectivity index (χ4n) is 1.81. The first kappa shape index (κ1) is 15.3. The minimum Gasteiger partial charge on any atom is -0.491 e. The molecule has 0 saturated carbocycles. The summed E-state index contributed by atoms with van der Waals surface area (Å²) in [6.45, 7) is 7.56. The summed E-state index contributed by atoms with van der Waals surface area (Å²) in [5.74, 6) is 0.365. The van der Waals surface area contributed by atoms with Gasteiger partial charge in [-0.05, 0) is 25.2 Å². The molecule has 106 valence electrons. The van der Waals surface area contributed by atoms with Crippen LogP contribution < -0.4 is 15.8 Å². The van der Waals surface area contributed by atoms with Gasteiger partial charge in [0.2, 0.25) is 0 Å². The summed E-state index contributed by atoms with van der Waals surface area (Å²) in [6, 6.07) is 5.07. The first-order chi connectivity index (χ1) is 9.12. The van der Waals surface area contributed by atoms with Crippen molar-refractivity contribution >= 4 is 11.6 Å². The smallest absolute Gasteiger partial charge is 0.254 e. The molecule has 1 aromatic carbocycles. The maximum atomic E-state index is 11.7. The Balaban J connectivity index is 2.71. The zero-order chi connectivity index (χ0) is 14.3. The van der Waals surface area contributed by atoms with Gasteiger partial charge in [0.1, 0.15) is 12.4 Å². The highest BCUT2D eigenvalue weighted by Gasteiger charge is 2.11. The molecule has 0 aromatic heterocycles. The standard InChI is InChI=1S/C14H23N3O2/c1-4-17(5-2)8-9-19-13-10-11(15)6-7-12(13)14(18)16-3/h6-7,10H,4-5,8-9,15H2,1-3H3,(H,16,18). The highest BCUT2D eigenvalue weighted by atomic mass is 16.5. The van der Waals surface area contributed by atoms with Gasteiger partial charge in [-0.2, -0.15) is 0 Å². The Bertz CT molecular complexity index is 417. The number of nitrogen functional groups attached to an aromatic ring is 1. The van der Waals surface area contributed by atoms with E-state index in [-0.39, 0.29) is 5.91 Å². The van der Waals surface area contributed by atoms with E-state index in [0.717, 1.165) is 19.6 Å². The Morgan fingerprint density at radius 2 is 2.05 bits per heavy atom. The molecule has 1 amide bonds. The summed E-state index contributed by atoms with van der Waals surface area (Å²) in [4.78, 5) is 14.0.